The van der Waals surface area contributed by atoms with E-state index in [0.29, 0.717) is 10.9 Å². The van der Waals surface area contributed by atoms with Gasteiger partial charge >= 0.3 is 6.18 Å². The van der Waals surface area contributed by atoms with Crippen LogP contribution in [0.25, 0.3) is 5.95 Å². The molecule has 90 valence electrons. The lowest BCUT2D eigenvalue weighted by Gasteiger charge is -2.00. The summed E-state index contributed by atoms with van der Waals surface area (Å²) in [4.78, 5) is 10.6. The number of aromatic nitrogens is 6. The van der Waals surface area contributed by atoms with Crippen LogP contribution in [0.15, 0.2) is 6.20 Å². The van der Waals surface area contributed by atoms with E-state index in [-0.39, 0.29) is 17.8 Å². The Morgan fingerprint density at radius 3 is 2.12 bits per heavy atom. The number of anilines is 2. The zero-order valence-corrected chi connectivity index (χ0v) is 8.05. The molecule has 0 spiro atoms. The largest absolute Gasteiger partial charge is 0.436 e. The summed E-state index contributed by atoms with van der Waals surface area (Å²) in [6.07, 6.45) is -3.98. The summed E-state index contributed by atoms with van der Waals surface area (Å²) < 4.78 is 37.5. The average Bonchev–Trinajstić information content (AvgIpc) is 2.63. The SMILES string of the molecule is Nc1nc(N)nc(-n2cc(C(F)(F)F)nn2)n1. The minimum absolute atomic E-state index is 0.225. The van der Waals surface area contributed by atoms with Gasteiger partial charge in [-0.2, -0.15) is 32.8 Å². The van der Waals surface area contributed by atoms with Crippen LogP contribution in [0, 0.1) is 0 Å². The first-order chi connectivity index (χ1) is 7.86. The van der Waals surface area contributed by atoms with Crippen LogP contribution in [0.2, 0.25) is 0 Å². The molecule has 8 nitrogen and oxygen atoms in total. The Balaban J connectivity index is 2.44. The fraction of sp³-hybridized carbons (Fsp3) is 0.167. The van der Waals surface area contributed by atoms with Gasteiger partial charge in [-0.3, -0.25) is 0 Å². The highest BCUT2D eigenvalue weighted by Crippen LogP contribution is 2.27. The van der Waals surface area contributed by atoms with Crippen LogP contribution in [0.1, 0.15) is 5.69 Å². The van der Waals surface area contributed by atoms with Gasteiger partial charge in [0.1, 0.15) is 0 Å². The molecule has 0 radical (unpaired) electrons. The number of hydrogen-bond donors (Lipinski definition) is 2. The van der Waals surface area contributed by atoms with Crippen molar-refractivity contribution in [1.82, 2.24) is 29.9 Å². The first-order valence-corrected chi connectivity index (χ1v) is 4.13. The van der Waals surface area contributed by atoms with Crippen molar-refractivity contribution in [2.24, 2.45) is 0 Å². The monoisotopic (exact) mass is 246 g/mol. The van der Waals surface area contributed by atoms with Crippen LogP contribution in [0.4, 0.5) is 25.1 Å². The van der Waals surface area contributed by atoms with E-state index in [9.17, 15) is 13.2 Å². The lowest BCUT2D eigenvalue weighted by atomic mass is 10.5. The fourth-order valence-electron chi connectivity index (χ4n) is 0.991. The predicted octanol–water partition coefficient (Wildman–Crippen LogP) is -0.365. The number of nitrogens with zero attached hydrogens (tertiary/aromatic N) is 6. The molecular formula is C6H5F3N8. The van der Waals surface area contributed by atoms with E-state index < -0.39 is 11.9 Å². The highest BCUT2D eigenvalue weighted by molar-refractivity contribution is 5.30. The molecule has 2 aromatic rings. The summed E-state index contributed by atoms with van der Waals surface area (Å²) in [5.41, 5.74) is 9.36. The molecule has 2 heterocycles. The fourth-order valence-corrected chi connectivity index (χ4v) is 0.991. The van der Waals surface area contributed by atoms with Gasteiger partial charge in [0.25, 0.3) is 5.95 Å². The van der Waals surface area contributed by atoms with Gasteiger partial charge in [0, 0.05) is 0 Å². The summed E-state index contributed by atoms with van der Waals surface area (Å²) in [7, 11) is 0. The molecule has 0 aromatic carbocycles. The van der Waals surface area contributed by atoms with Crippen molar-refractivity contribution in [1.29, 1.82) is 0 Å². The topological polar surface area (TPSA) is 121 Å². The van der Waals surface area contributed by atoms with Crippen molar-refractivity contribution < 1.29 is 13.2 Å². The van der Waals surface area contributed by atoms with Gasteiger partial charge in [0.15, 0.2) is 5.69 Å². The minimum Gasteiger partial charge on any atom is -0.368 e. The van der Waals surface area contributed by atoms with Gasteiger partial charge in [-0.25, -0.2) is 0 Å². The zero-order valence-electron chi connectivity index (χ0n) is 8.05. The third-order valence-electron chi connectivity index (χ3n) is 1.65. The normalized spacial score (nSPS) is 11.7. The summed E-state index contributed by atoms with van der Waals surface area (Å²) >= 11 is 0. The van der Waals surface area contributed by atoms with Gasteiger partial charge in [-0.1, -0.05) is 5.21 Å². The Morgan fingerprint density at radius 1 is 1.06 bits per heavy atom. The molecule has 0 fully saturated rings. The van der Waals surface area contributed by atoms with Gasteiger partial charge in [0.2, 0.25) is 11.9 Å². The molecule has 0 unspecified atom stereocenters. The van der Waals surface area contributed by atoms with Crippen LogP contribution in [-0.4, -0.2) is 29.9 Å². The van der Waals surface area contributed by atoms with Crippen molar-refractivity contribution in [2.75, 3.05) is 11.5 Å². The van der Waals surface area contributed by atoms with Crippen LogP contribution in [-0.2, 0) is 6.18 Å². The van der Waals surface area contributed by atoms with Crippen LogP contribution >= 0.6 is 0 Å². The third kappa shape index (κ3) is 2.21. The van der Waals surface area contributed by atoms with Gasteiger partial charge in [-0.15, -0.1) is 5.10 Å². The van der Waals surface area contributed by atoms with E-state index in [1.807, 2.05) is 0 Å². The first kappa shape index (κ1) is 11.0. The van der Waals surface area contributed by atoms with Crippen LogP contribution in [0.5, 0.6) is 0 Å². The number of hydrogen-bond acceptors (Lipinski definition) is 7. The van der Waals surface area contributed by atoms with Crippen molar-refractivity contribution in [3.63, 3.8) is 0 Å². The van der Waals surface area contributed by atoms with E-state index in [4.69, 9.17) is 11.5 Å². The molecule has 11 heteroatoms. The third-order valence-corrected chi connectivity index (χ3v) is 1.65. The Bertz CT molecular complexity index is 526. The lowest BCUT2D eigenvalue weighted by Crippen LogP contribution is -2.09. The molecule has 0 aliphatic rings. The summed E-state index contributed by atoms with van der Waals surface area (Å²) in [6.45, 7) is 0. The molecule has 0 saturated carbocycles. The van der Waals surface area contributed by atoms with E-state index in [1.165, 1.54) is 0 Å². The summed E-state index contributed by atoms with van der Waals surface area (Å²) in [6, 6.07) is 0. The Kier molecular flexibility index (Phi) is 2.30. The molecule has 0 saturated heterocycles. The lowest BCUT2D eigenvalue weighted by molar-refractivity contribution is -0.141. The molecule has 0 amide bonds. The molecule has 4 N–H and O–H groups in total. The molecule has 0 bridgehead atoms. The van der Waals surface area contributed by atoms with Gasteiger partial charge < -0.3 is 11.5 Å². The smallest absolute Gasteiger partial charge is 0.368 e. The molecule has 0 aliphatic carbocycles. The predicted molar refractivity (Wildman–Crippen MR) is 48.6 cm³/mol. The molecular weight excluding hydrogens is 241 g/mol. The number of rotatable bonds is 1. The highest BCUT2D eigenvalue weighted by atomic mass is 19.4. The van der Waals surface area contributed by atoms with Crippen molar-refractivity contribution in [2.45, 2.75) is 6.18 Å². The number of nitrogens with two attached hydrogens (primary N) is 2. The first-order valence-electron chi connectivity index (χ1n) is 4.13. The number of nitrogen functional groups attached to an aromatic ring is 2. The maximum absolute atomic E-state index is 12.3. The summed E-state index contributed by atoms with van der Waals surface area (Å²) in [5.74, 6) is -0.689. The maximum atomic E-state index is 12.3. The Hall–Kier alpha value is -2.46. The molecule has 2 aromatic heterocycles. The van der Waals surface area contributed by atoms with Gasteiger partial charge in [0.05, 0.1) is 6.20 Å². The van der Waals surface area contributed by atoms with Crippen LogP contribution in [0.3, 0.4) is 0 Å². The van der Waals surface area contributed by atoms with E-state index in [1.54, 1.807) is 0 Å². The minimum atomic E-state index is -4.59. The molecule has 17 heavy (non-hydrogen) atoms. The van der Waals surface area contributed by atoms with Crippen molar-refractivity contribution in [3.8, 4) is 5.95 Å². The zero-order chi connectivity index (χ0) is 12.6. The second kappa shape index (κ2) is 3.54. The molecule has 0 atom stereocenters. The molecule has 2 rings (SSSR count). The average molecular weight is 246 g/mol. The molecule has 0 aliphatic heterocycles. The number of halogens is 3. The summed E-state index contributed by atoms with van der Waals surface area (Å²) in [5, 5.41) is 6.15. The Morgan fingerprint density at radius 2 is 1.65 bits per heavy atom. The van der Waals surface area contributed by atoms with Crippen molar-refractivity contribution >= 4 is 11.9 Å². The Labute approximate surface area is 91.5 Å². The maximum Gasteiger partial charge on any atom is 0.436 e. The standard InChI is InChI=1S/C6H5F3N8/c7-6(8,9)2-1-17(16-15-2)5-13-3(10)12-4(11)14-5/h1H,(H4,10,11,12,13,14). The van der Waals surface area contributed by atoms with Crippen molar-refractivity contribution in [3.05, 3.63) is 11.9 Å². The van der Waals surface area contributed by atoms with Crippen LogP contribution < -0.4 is 11.5 Å². The quantitative estimate of drug-likeness (QED) is 0.704. The van der Waals surface area contributed by atoms with E-state index >= 15 is 0 Å². The van der Waals surface area contributed by atoms with Gasteiger partial charge in [-0.05, 0) is 0 Å². The number of alkyl halides is 3. The van der Waals surface area contributed by atoms with E-state index in [2.05, 4.69) is 25.3 Å². The van der Waals surface area contributed by atoms with E-state index in [0.717, 1.165) is 0 Å². The second-order valence-corrected chi connectivity index (χ2v) is 2.90. The second-order valence-electron chi connectivity index (χ2n) is 2.90. The highest BCUT2D eigenvalue weighted by Gasteiger charge is 2.34.